The predicted octanol–water partition coefficient (Wildman–Crippen LogP) is 3.98. The van der Waals surface area contributed by atoms with Crippen LogP contribution in [-0.4, -0.2) is 32.4 Å². The second kappa shape index (κ2) is 10.4. The van der Waals surface area contributed by atoms with E-state index in [9.17, 15) is 0 Å². The van der Waals surface area contributed by atoms with E-state index in [-0.39, 0.29) is 32.3 Å². The van der Waals surface area contributed by atoms with Gasteiger partial charge in [-0.3, -0.25) is 4.98 Å². The number of hydrogen-bond acceptors (Lipinski definition) is 4. The van der Waals surface area contributed by atoms with E-state index in [4.69, 9.17) is 10.2 Å². The van der Waals surface area contributed by atoms with Crippen LogP contribution in [0.2, 0.25) is 0 Å². The van der Waals surface area contributed by atoms with Crippen LogP contribution in [0.1, 0.15) is 57.6 Å². The zero-order chi connectivity index (χ0) is 18.5. The Morgan fingerprint density at radius 1 is 1.11 bits per heavy atom. The molecule has 0 aliphatic heterocycles. The Morgan fingerprint density at radius 2 is 1.89 bits per heavy atom. The second-order valence-electron chi connectivity index (χ2n) is 7.82. The van der Waals surface area contributed by atoms with Gasteiger partial charge >= 0.3 is 0 Å². The van der Waals surface area contributed by atoms with Crippen molar-refractivity contribution in [2.45, 2.75) is 64.1 Å². The minimum atomic E-state index is -0.375. The first-order valence-electron chi connectivity index (χ1n) is 9.68. The maximum atomic E-state index is 8.56. The van der Waals surface area contributed by atoms with Crippen molar-refractivity contribution < 1.29 is 30.3 Å². The van der Waals surface area contributed by atoms with Crippen molar-refractivity contribution in [3.63, 3.8) is 0 Å². The van der Waals surface area contributed by atoms with Crippen molar-refractivity contribution in [3.8, 4) is 11.3 Å². The Morgan fingerprint density at radius 3 is 2.41 bits per heavy atom. The van der Waals surface area contributed by atoms with Crippen molar-refractivity contribution in [1.29, 1.82) is 0 Å². The minimum Gasteiger partial charge on any atom is -0.393 e. The van der Waals surface area contributed by atoms with Crippen LogP contribution in [0.4, 0.5) is 0 Å². The summed E-state index contributed by atoms with van der Waals surface area (Å²) < 4.78 is 0. The van der Waals surface area contributed by atoms with Crippen molar-refractivity contribution in [2.75, 3.05) is 0 Å². The Bertz CT molecular complexity index is 688. The third-order valence-corrected chi connectivity index (χ3v) is 5.47. The molecule has 0 amide bonds. The molecule has 1 aromatic heterocycles. The van der Waals surface area contributed by atoms with Gasteiger partial charge in [-0.05, 0) is 57.1 Å². The SMILES string of the molecule is CC(O)CC(C)O.[Ir].[c-]1ccccc1-c1cc(C2CC3CCC2C3)ncn1. The fourth-order valence-corrected chi connectivity index (χ4v) is 4.38. The summed E-state index contributed by atoms with van der Waals surface area (Å²) in [5.41, 5.74) is 3.32. The number of aliphatic hydroxyl groups excluding tert-OH is 2. The fourth-order valence-electron chi connectivity index (χ4n) is 4.38. The molecule has 5 unspecified atom stereocenters. The molecule has 5 heteroatoms. The summed E-state index contributed by atoms with van der Waals surface area (Å²) in [5.74, 6) is 2.49. The van der Waals surface area contributed by atoms with Gasteiger partial charge in [0.15, 0.2) is 0 Å². The van der Waals surface area contributed by atoms with E-state index >= 15 is 0 Å². The zero-order valence-electron chi connectivity index (χ0n) is 16.0. The molecule has 4 rings (SSSR count). The zero-order valence-corrected chi connectivity index (χ0v) is 18.4. The van der Waals surface area contributed by atoms with Gasteiger partial charge in [-0.2, -0.15) is 0 Å². The molecular weight excluding hydrogens is 516 g/mol. The Kier molecular flexibility index (Phi) is 8.56. The fraction of sp³-hybridized carbons (Fsp3) is 0.545. The van der Waals surface area contributed by atoms with Crippen LogP contribution in [0.25, 0.3) is 11.3 Å². The molecule has 0 saturated heterocycles. The summed E-state index contributed by atoms with van der Waals surface area (Å²) in [4.78, 5) is 8.94. The number of fused-ring (bicyclic) bond motifs is 2. The number of aliphatic hydroxyl groups is 2. The van der Waals surface area contributed by atoms with Gasteiger partial charge in [-0.25, -0.2) is 4.98 Å². The van der Waals surface area contributed by atoms with E-state index in [2.05, 4.69) is 28.2 Å². The van der Waals surface area contributed by atoms with Gasteiger partial charge in [0.25, 0.3) is 0 Å². The molecule has 2 aliphatic carbocycles. The second-order valence-corrected chi connectivity index (χ2v) is 7.82. The van der Waals surface area contributed by atoms with Crippen LogP contribution in [0.15, 0.2) is 36.7 Å². The molecule has 149 valence electrons. The third-order valence-electron chi connectivity index (χ3n) is 5.47. The van der Waals surface area contributed by atoms with E-state index in [0.29, 0.717) is 12.3 Å². The molecule has 2 N–H and O–H groups in total. The summed E-state index contributed by atoms with van der Waals surface area (Å²) in [7, 11) is 0. The van der Waals surface area contributed by atoms with Crippen LogP contribution in [0.3, 0.4) is 0 Å². The third kappa shape index (κ3) is 6.18. The molecule has 4 nitrogen and oxygen atoms in total. The van der Waals surface area contributed by atoms with Gasteiger partial charge < -0.3 is 10.2 Å². The Labute approximate surface area is 175 Å². The molecule has 2 aliphatic rings. The number of rotatable bonds is 4. The first-order valence-corrected chi connectivity index (χ1v) is 9.68. The summed E-state index contributed by atoms with van der Waals surface area (Å²) in [5, 5.41) is 17.1. The molecule has 1 radical (unpaired) electrons. The first-order chi connectivity index (χ1) is 12.5. The van der Waals surface area contributed by atoms with E-state index in [1.165, 1.54) is 31.4 Å². The van der Waals surface area contributed by atoms with E-state index < -0.39 is 0 Å². The quantitative estimate of drug-likeness (QED) is 0.571. The van der Waals surface area contributed by atoms with Crippen LogP contribution >= 0.6 is 0 Å². The molecular formula is C22H29IrN2O2-. The normalized spacial score (nSPS) is 25.1. The largest absolute Gasteiger partial charge is 0.393 e. The average molecular weight is 546 g/mol. The standard InChI is InChI=1S/C17H17N2.C5H12O2.Ir/c1-2-4-13(5-3-1)16-10-17(19-11-18-16)15-9-12-6-7-14(15)8-12;1-4(6)3-5(2)7;/h1-4,10-12,14-15H,6-9H2;4-7H,3H2,1-2H3;/q-1;;. The van der Waals surface area contributed by atoms with Gasteiger partial charge in [-0.15, -0.1) is 35.9 Å². The maximum absolute atomic E-state index is 8.56. The molecule has 2 aromatic rings. The summed E-state index contributed by atoms with van der Waals surface area (Å²) in [6.07, 6.45) is 7.02. The first kappa shape index (κ1) is 22.2. The van der Waals surface area contributed by atoms with E-state index in [1.807, 2.05) is 18.2 Å². The molecule has 2 bridgehead atoms. The molecule has 2 saturated carbocycles. The van der Waals surface area contributed by atoms with E-state index in [1.54, 1.807) is 20.2 Å². The molecule has 1 heterocycles. The topological polar surface area (TPSA) is 66.2 Å². The van der Waals surface area contributed by atoms with Gasteiger partial charge in [0.05, 0.1) is 12.2 Å². The maximum Gasteiger partial charge on any atom is 0.105 e. The summed E-state index contributed by atoms with van der Waals surface area (Å²) in [6, 6.07) is 13.4. The van der Waals surface area contributed by atoms with Crippen molar-refractivity contribution in [3.05, 3.63) is 48.4 Å². The molecule has 1 aromatic carbocycles. The summed E-state index contributed by atoms with van der Waals surface area (Å²) in [6.45, 7) is 3.32. The molecule has 2 fully saturated rings. The molecule has 0 spiro atoms. The monoisotopic (exact) mass is 546 g/mol. The Balaban J connectivity index is 0.000000285. The van der Waals surface area contributed by atoms with Crippen molar-refractivity contribution >= 4 is 0 Å². The number of aromatic nitrogens is 2. The molecule has 5 atom stereocenters. The Hall–Kier alpha value is -1.13. The van der Waals surface area contributed by atoms with Crippen molar-refractivity contribution in [1.82, 2.24) is 9.97 Å². The van der Waals surface area contributed by atoms with Crippen LogP contribution in [-0.2, 0) is 20.1 Å². The average Bonchev–Trinajstić information content (AvgIpc) is 3.25. The van der Waals surface area contributed by atoms with Gasteiger partial charge in [0, 0.05) is 31.7 Å². The van der Waals surface area contributed by atoms with Crippen LogP contribution in [0.5, 0.6) is 0 Å². The smallest absolute Gasteiger partial charge is 0.105 e. The number of hydrogen-bond donors (Lipinski definition) is 2. The van der Waals surface area contributed by atoms with Crippen molar-refractivity contribution in [2.24, 2.45) is 11.8 Å². The van der Waals surface area contributed by atoms with Gasteiger partial charge in [-0.1, -0.05) is 12.5 Å². The predicted molar refractivity (Wildman–Crippen MR) is 102 cm³/mol. The number of benzene rings is 1. The van der Waals surface area contributed by atoms with Crippen LogP contribution in [0, 0.1) is 17.9 Å². The van der Waals surface area contributed by atoms with E-state index in [0.717, 1.165) is 23.1 Å². The van der Waals surface area contributed by atoms with Gasteiger partial charge in [0.2, 0.25) is 0 Å². The molecule has 27 heavy (non-hydrogen) atoms. The number of nitrogens with zero attached hydrogens (tertiary/aromatic N) is 2. The summed E-state index contributed by atoms with van der Waals surface area (Å²) >= 11 is 0. The van der Waals surface area contributed by atoms with Crippen LogP contribution < -0.4 is 0 Å². The van der Waals surface area contributed by atoms with Gasteiger partial charge in [0.1, 0.15) is 6.33 Å². The minimum absolute atomic E-state index is 0.